The van der Waals surface area contributed by atoms with E-state index in [1.165, 1.54) is 6.42 Å². The number of benzene rings is 1. The fourth-order valence-corrected chi connectivity index (χ4v) is 4.73. The molecule has 0 N–H and O–H groups in total. The fraction of sp³-hybridized carbons (Fsp3) is 0.609. The van der Waals surface area contributed by atoms with Crippen LogP contribution in [0.1, 0.15) is 39.1 Å². The van der Waals surface area contributed by atoms with Crippen molar-refractivity contribution in [3.05, 3.63) is 36.2 Å². The zero-order valence-electron chi connectivity index (χ0n) is 18.3. The van der Waals surface area contributed by atoms with Crippen molar-refractivity contribution in [2.45, 2.75) is 33.2 Å². The van der Waals surface area contributed by atoms with Crippen molar-refractivity contribution in [2.75, 3.05) is 45.8 Å². The van der Waals surface area contributed by atoms with Crippen LogP contribution in [0, 0.1) is 11.8 Å². The second-order valence-electron chi connectivity index (χ2n) is 9.06. The molecule has 3 atom stereocenters. The van der Waals surface area contributed by atoms with Crippen molar-refractivity contribution in [1.82, 2.24) is 24.8 Å². The van der Waals surface area contributed by atoms with E-state index in [9.17, 15) is 4.79 Å². The normalized spacial score (nSPS) is 24.7. The van der Waals surface area contributed by atoms with Gasteiger partial charge in [0.1, 0.15) is 0 Å². The highest BCUT2D eigenvalue weighted by atomic mass is 16.5. The second kappa shape index (κ2) is 9.27. The van der Waals surface area contributed by atoms with Crippen molar-refractivity contribution >= 4 is 5.91 Å². The first-order valence-electron chi connectivity index (χ1n) is 11.1. The van der Waals surface area contributed by atoms with Gasteiger partial charge in [0.2, 0.25) is 17.6 Å². The Balaban J connectivity index is 1.28. The lowest BCUT2D eigenvalue weighted by Crippen LogP contribution is -2.52. The number of aromatic nitrogens is 2. The van der Waals surface area contributed by atoms with Crippen molar-refractivity contribution in [3.63, 3.8) is 0 Å². The Kier molecular flexibility index (Phi) is 6.49. The molecule has 0 saturated carbocycles. The molecule has 3 heterocycles. The molecule has 2 fully saturated rings. The summed E-state index contributed by atoms with van der Waals surface area (Å²) in [5.74, 6) is 2.76. The minimum atomic E-state index is 0.0663. The van der Waals surface area contributed by atoms with Crippen LogP contribution in [0.25, 0.3) is 11.4 Å². The average Bonchev–Trinajstić information content (AvgIpc) is 3.24. The van der Waals surface area contributed by atoms with Gasteiger partial charge in [-0.15, -0.1) is 0 Å². The fourth-order valence-electron chi connectivity index (χ4n) is 4.73. The van der Waals surface area contributed by atoms with E-state index >= 15 is 0 Å². The molecule has 2 aromatic rings. The van der Waals surface area contributed by atoms with Crippen molar-refractivity contribution in [1.29, 1.82) is 0 Å². The molecule has 0 spiro atoms. The molecule has 2 aliphatic rings. The standard InChI is InChI=1S/C23H33N5O2/c1-17-13-18(2)15-28(14-17)21(29)16-26-9-11-27(12-10-26)19(3)23-24-22(25-30-23)20-7-5-4-6-8-20/h4-8,17-19H,9-16H2,1-3H3. The van der Waals surface area contributed by atoms with E-state index in [0.29, 0.717) is 30.1 Å². The van der Waals surface area contributed by atoms with Gasteiger partial charge in [0, 0.05) is 44.8 Å². The minimum Gasteiger partial charge on any atom is -0.341 e. The average molecular weight is 412 g/mol. The predicted octanol–water partition coefficient (Wildman–Crippen LogP) is 2.92. The summed E-state index contributed by atoms with van der Waals surface area (Å²) in [6.45, 7) is 12.5. The summed E-state index contributed by atoms with van der Waals surface area (Å²) in [4.78, 5) is 24.1. The van der Waals surface area contributed by atoms with E-state index in [4.69, 9.17) is 4.52 Å². The maximum atomic E-state index is 12.8. The number of amides is 1. The van der Waals surface area contributed by atoms with Gasteiger partial charge < -0.3 is 9.42 Å². The maximum Gasteiger partial charge on any atom is 0.244 e. The zero-order chi connectivity index (χ0) is 21.1. The van der Waals surface area contributed by atoms with Crippen LogP contribution in [0.4, 0.5) is 0 Å². The molecule has 7 heteroatoms. The predicted molar refractivity (Wildman–Crippen MR) is 116 cm³/mol. The monoisotopic (exact) mass is 411 g/mol. The number of carbonyl (C=O) groups is 1. The number of nitrogens with zero attached hydrogens (tertiary/aromatic N) is 5. The Morgan fingerprint density at radius 2 is 1.77 bits per heavy atom. The van der Waals surface area contributed by atoms with E-state index in [2.05, 4.69) is 45.6 Å². The van der Waals surface area contributed by atoms with Crippen molar-refractivity contribution < 1.29 is 9.32 Å². The molecule has 4 rings (SSSR count). The summed E-state index contributed by atoms with van der Waals surface area (Å²) < 4.78 is 5.55. The molecule has 3 unspecified atom stereocenters. The summed E-state index contributed by atoms with van der Waals surface area (Å²) in [6.07, 6.45) is 1.22. The van der Waals surface area contributed by atoms with Crippen LogP contribution in [-0.2, 0) is 4.79 Å². The lowest BCUT2D eigenvalue weighted by atomic mass is 9.92. The SMILES string of the molecule is CC1CC(C)CN(C(=O)CN2CCN(C(C)c3nc(-c4ccccc4)no3)CC2)C1. The molecule has 1 aromatic carbocycles. The largest absolute Gasteiger partial charge is 0.341 e. The Bertz CT molecular complexity index is 821. The maximum absolute atomic E-state index is 12.8. The third-order valence-electron chi connectivity index (χ3n) is 6.37. The third-order valence-corrected chi connectivity index (χ3v) is 6.37. The second-order valence-corrected chi connectivity index (χ2v) is 9.06. The first-order valence-corrected chi connectivity index (χ1v) is 11.1. The van der Waals surface area contributed by atoms with Crippen LogP contribution >= 0.6 is 0 Å². The first kappa shape index (κ1) is 21.0. The highest BCUT2D eigenvalue weighted by Crippen LogP contribution is 2.24. The number of hydrogen-bond donors (Lipinski definition) is 0. The quantitative estimate of drug-likeness (QED) is 0.754. The molecule has 7 nitrogen and oxygen atoms in total. The van der Waals surface area contributed by atoms with E-state index in [1.54, 1.807) is 0 Å². The summed E-state index contributed by atoms with van der Waals surface area (Å²) in [5.41, 5.74) is 0.962. The minimum absolute atomic E-state index is 0.0663. The lowest BCUT2D eigenvalue weighted by Gasteiger charge is -2.39. The third kappa shape index (κ3) is 4.90. The molecular weight excluding hydrogens is 378 g/mol. The molecule has 30 heavy (non-hydrogen) atoms. The van der Waals surface area contributed by atoms with Crippen LogP contribution in [-0.4, -0.2) is 76.6 Å². The van der Waals surface area contributed by atoms with Crippen molar-refractivity contribution in [3.8, 4) is 11.4 Å². The Labute approximate surface area is 179 Å². The molecule has 1 aromatic heterocycles. The molecule has 162 valence electrons. The topological polar surface area (TPSA) is 65.7 Å². The van der Waals surface area contributed by atoms with Gasteiger partial charge in [-0.3, -0.25) is 14.6 Å². The number of piperidine rings is 1. The van der Waals surface area contributed by atoms with Crippen LogP contribution in [0.15, 0.2) is 34.9 Å². The highest BCUT2D eigenvalue weighted by molar-refractivity contribution is 5.78. The number of hydrogen-bond acceptors (Lipinski definition) is 6. The van der Waals surface area contributed by atoms with Crippen LogP contribution < -0.4 is 0 Å². The van der Waals surface area contributed by atoms with Gasteiger partial charge in [-0.2, -0.15) is 4.98 Å². The van der Waals surface area contributed by atoms with E-state index in [-0.39, 0.29) is 11.9 Å². The Morgan fingerprint density at radius 1 is 1.10 bits per heavy atom. The molecule has 1 amide bonds. The van der Waals surface area contributed by atoms with Crippen LogP contribution in [0.2, 0.25) is 0 Å². The van der Waals surface area contributed by atoms with Crippen LogP contribution in [0.3, 0.4) is 0 Å². The summed E-state index contributed by atoms with van der Waals surface area (Å²) in [5, 5.41) is 4.15. The summed E-state index contributed by atoms with van der Waals surface area (Å²) >= 11 is 0. The number of likely N-dealkylation sites (tertiary alicyclic amines) is 1. The molecular formula is C23H33N5O2. The number of piperazine rings is 1. The Morgan fingerprint density at radius 3 is 2.43 bits per heavy atom. The first-order chi connectivity index (χ1) is 14.5. The summed E-state index contributed by atoms with van der Waals surface area (Å²) in [6, 6.07) is 9.96. The van der Waals surface area contributed by atoms with E-state index < -0.39 is 0 Å². The molecule has 0 radical (unpaired) electrons. The number of carbonyl (C=O) groups excluding carboxylic acids is 1. The van der Waals surface area contributed by atoms with Gasteiger partial charge in [-0.1, -0.05) is 49.3 Å². The molecule has 0 bridgehead atoms. The van der Waals surface area contributed by atoms with Gasteiger partial charge in [-0.25, -0.2) is 0 Å². The van der Waals surface area contributed by atoms with Gasteiger partial charge in [0.15, 0.2) is 0 Å². The molecule has 2 saturated heterocycles. The van der Waals surface area contributed by atoms with Gasteiger partial charge in [0.25, 0.3) is 0 Å². The van der Waals surface area contributed by atoms with Gasteiger partial charge >= 0.3 is 0 Å². The highest BCUT2D eigenvalue weighted by Gasteiger charge is 2.29. The van der Waals surface area contributed by atoms with Crippen LogP contribution in [0.5, 0.6) is 0 Å². The van der Waals surface area contributed by atoms with Gasteiger partial charge in [-0.05, 0) is 25.2 Å². The Hall–Kier alpha value is -2.25. The smallest absolute Gasteiger partial charge is 0.244 e. The molecule has 0 aliphatic carbocycles. The van der Waals surface area contributed by atoms with Crippen molar-refractivity contribution in [2.24, 2.45) is 11.8 Å². The van der Waals surface area contributed by atoms with Gasteiger partial charge in [0.05, 0.1) is 12.6 Å². The number of rotatable bonds is 5. The van der Waals surface area contributed by atoms with E-state index in [0.717, 1.165) is 44.8 Å². The summed E-state index contributed by atoms with van der Waals surface area (Å²) in [7, 11) is 0. The van der Waals surface area contributed by atoms with E-state index in [1.807, 2.05) is 30.3 Å². The molecule has 2 aliphatic heterocycles. The lowest BCUT2D eigenvalue weighted by molar-refractivity contribution is -0.135. The zero-order valence-corrected chi connectivity index (χ0v) is 18.3.